The number of aromatic nitrogens is 2. The van der Waals surface area contributed by atoms with E-state index in [4.69, 9.17) is 0 Å². The van der Waals surface area contributed by atoms with Gasteiger partial charge in [-0.15, -0.1) is 0 Å². The number of benzene rings is 2. The molecule has 2 fully saturated rings. The average molecular weight is 497 g/mol. The Kier molecular flexibility index (Phi) is 5.53. The highest BCUT2D eigenvalue weighted by Gasteiger charge is 2.50. The third kappa shape index (κ3) is 3.78. The second-order valence-corrected chi connectivity index (χ2v) is 10.8. The predicted molar refractivity (Wildman–Crippen MR) is 142 cm³/mol. The molecule has 0 radical (unpaired) electrons. The van der Waals surface area contributed by atoms with Crippen molar-refractivity contribution in [1.82, 2.24) is 25.1 Å². The molecule has 8 heteroatoms. The van der Waals surface area contributed by atoms with Gasteiger partial charge in [-0.25, -0.2) is 14.8 Å². The number of hydrogen-bond donors (Lipinski definition) is 1. The summed E-state index contributed by atoms with van der Waals surface area (Å²) < 4.78 is 0. The van der Waals surface area contributed by atoms with Crippen LogP contribution in [0.15, 0.2) is 60.9 Å². The van der Waals surface area contributed by atoms with Crippen molar-refractivity contribution in [1.29, 1.82) is 0 Å². The molecule has 37 heavy (non-hydrogen) atoms. The van der Waals surface area contributed by atoms with Gasteiger partial charge in [0, 0.05) is 30.3 Å². The Bertz CT molecular complexity index is 1350. The van der Waals surface area contributed by atoms with Gasteiger partial charge in [-0.2, -0.15) is 0 Å². The van der Waals surface area contributed by atoms with Crippen molar-refractivity contribution in [2.24, 2.45) is 0 Å². The van der Waals surface area contributed by atoms with Crippen molar-refractivity contribution in [3.63, 3.8) is 0 Å². The van der Waals surface area contributed by atoms with Crippen molar-refractivity contribution >= 4 is 17.6 Å². The van der Waals surface area contributed by atoms with Crippen LogP contribution in [-0.2, 0) is 12.1 Å². The van der Waals surface area contributed by atoms with Gasteiger partial charge in [0.05, 0.1) is 30.2 Å². The summed E-state index contributed by atoms with van der Waals surface area (Å²) >= 11 is 0. The van der Waals surface area contributed by atoms with Gasteiger partial charge in [0.1, 0.15) is 0 Å². The number of rotatable bonds is 4. The maximum atomic E-state index is 13.1. The van der Waals surface area contributed by atoms with Crippen LogP contribution in [0.4, 0.5) is 10.5 Å². The highest BCUT2D eigenvalue weighted by Crippen LogP contribution is 2.46. The van der Waals surface area contributed by atoms with Gasteiger partial charge in [0.2, 0.25) is 0 Å². The van der Waals surface area contributed by atoms with Crippen LogP contribution in [0, 0.1) is 0 Å². The fraction of sp³-hybridized carbons (Fsp3) is 0.379. The number of urea groups is 1. The van der Waals surface area contributed by atoms with Crippen molar-refractivity contribution < 1.29 is 9.59 Å². The molecule has 0 atom stereocenters. The molecule has 1 aliphatic carbocycles. The lowest BCUT2D eigenvalue weighted by atomic mass is 9.69. The fourth-order valence-electron chi connectivity index (χ4n) is 6.37. The first kappa shape index (κ1) is 23.6. The zero-order valence-electron chi connectivity index (χ0n) is 21.6. The number of carbonyl (C=O) groups is 2. The molecule has 0 bridgehead atoms. The van der Waals surface area contributed by atoms with E-state index in [-0.39, 0.29) is 23.0 Å². The van der Waals surface area contributed by atoms with Crippen LogP contribution in [-0.4, -0.2) is 64.9 Å². The predicted octanol–water partition coefficient (Wildman–Crippen LogP) is 4.03. The Morgan fingerprint density at radius 2 is 1.57 bits per heavy atom. The van der Waals surface area contributed by atoms with Gasteiger partial charge < -0.3 is 10.2 Å². The summed E-state index contributed by atoms with van der Waals surface area (Å²) in [4.78, 5) is 40.5. The van der Waals surface area contributed by atoms with Crippen LogP contribution < -0.4 is 10.2 Å². The van der Waals surface area contributed by atoms with Crippen LogP contribution in [0.1, 0.15) is 47.2 Å². The minimum Gasteiger partial charge on any atom is -0.337 e. The average Bonchev–Trinajstić information content (AvgIpc) is 3.40. The Labute approximate surface area is 217 Å². The molecule has 1 saturated heterocycles. The molecule has 1 N–H and O–H groups in total. The topological polar surface area (TPSA) is 81.7 Å². The summed E-state index contributed by atoms with van der Waals surface area (Å²) in [6.07, 6.45) is 7.19. The summed E-state index contributed by atoms with van der Waals surface area (Å²) in [7, 11) is 6.10. The monoisotopic (exact) mass is 496 g/mol. The first-order chi connectivity index (χ1) is 17.8. The molecule has 2 aromatic carbocycles. The molecule has 8 nitrogen and oxygen atoms in total. The van der Waals surface area contributed by atoms with E-state index >= 15 is 0 Å². The lowest BCUT2D eigenvalue weighted by Crippen LogP contribution is -2.54. The molecule has 190 valence electrons. The summed E-state index contributed by atoms with van der Waals surface area (Å²) in [5.41, 5.74) is 4.25. The summed E-state index contributed by atoms with van der Waals surface area (Å²) in [6, 6.07) is 16.3. The SMILES string of the molecule is CN1Cc2c(cccc2-c2ncc(N3C[C@]4(CC[C@](c5ccccc5)(N(C)C)CC4)NC3=O)cn2)C1=O. The number of nitrogens with one attached hydrogen (secondary N) is 1. The van der Waals surface area contributed by atoms with Gasteiger partial charge in [0.25, 0.3) is 5.91 Å². The maximum absolute atomic E-state index is 13.1. The molecule has 1 spiro atoms. The molecule has 6 rings (SSSR count). The lowest BCUT2D eigenvalue weighted by molar-refractivity contribution is 0.0658. The first-order valence-electron chi connectivity index (χ1n) is 12.8. The molecular formula is C29H32N6O2. The van der Waals surface area contributed by atoms with Crippen LogP contribution in [0.25, 0.3) is 11.4 Å². The fourth-order valence-corrected chi connectivity index (χ4v) is 6.37. The Morgan fingerprint density at radius 1 is 0.892 bits per heavy atom. The number of nitrogens with zero attached hydrogens (tertiary/aromatic N) is 5. The smallest absolute Gasteiger partial charge is 0.322 e. The van der Waals surface area contributed by atoms with Crippen LogP contribution in [0.3, 0.4) is 0 Å². The van der Waals surface area contributed by atoms with Crippen LogP contribution >= 0.6 is 0 Å². The van der Waals surface area contributed by atoms with Crippen LogP contribution in [0.2, 0.25) is 0 Å². The minimum atomic E-state index is -0.255. The van der Waals surface area contributed by atoms with Gasteiger partial charge >= 0.3 is 6.03 Å². The van der Waals surface area contributed by atoms with E-state index in [2.05, 4.69) is 64.6 Å². The number of anilines is 1. The quantitative estimate of drug-likeness (QED) is 0.590. The zero-order chi connectivity index (χ0) is 25.8. The number of hydrogen-bond acceptors (Lipinski definition) is 5. The molecule has 1 aromatic heterocycles. The minimum absolute atomic E-state index is 0.0190. The summed E-state index contributed by atoms with van der Waals surface area (Å²) in [6.45, 7) is 1.15. The zero-order valence-corrected chi connectivity index (χ0v) is 21.6. The van der Waals surface area contributed by atoms with E-state index in [0.717, 1.165) is 36.8 Å². The van der Waals surface area contributed by atoms with Crippen LogP contribution in [0.5, 0.6) is 0 Å². The molecule has 1 saturated carbocycles. The molecule has 2 aliphatic heterocycles. The van der Waals surface area contributed by atoms with E-state index < -0.39 is 0 Å². The molecule has 0 unspecified atom stereocenters. The molecule has 3 aromatic rings. The summed E-state index contributed by atoms with van der Waals surface area (Å²) in [5, 5.41) is 3.31. The molecular weight excluding hydrogens is 464 g/mol. The first-order valence-corrected chi connectivity index (χ1v) is 12.8. The molecule has 3 amide bonds. The Morgan fingerprint density at radius 3 is 2.24 bits per heavy atom. The highest BCUT2D eigenvalue weighted by molar-refractivity contribution is 6.00. The van der Waals surface area contributed by atoms with Crippen molar-refractivity contribution in [2.45, 2.75) is 43.3 Å². The van der Waals surface area contributed by atoms with Gasteiger partial charge in [0.15, 0.2) is 5.82 Å². The van der Waals surface area contributed by atoms with Gasteiger partial charge in [-0.05, 0) is 57.0 Å². The van der Waals surface area contributed by atoms with Crippen molar-refractivity contribution in [3.05, 3.63) is 77.6 Å². The standard InChI is InChI=1S/C29H32N6O2/c1-33(2)29(20-8-5-4-6-9-20)14-12-28(13-15-29)19-35(27(37)32-28)21-16-30-25(31-17-21)22-10-7-11-23-24(22)18-34(3)26(23)36/h4-11,16-17H,12-15,18-19H2,1-3H3,(H,32,37)/t28-,29+. The normalized spacial score (nSPS) is 25.2. The van der Waals surface area contributed by atoms with Gasteiger partial charge in [-0.1, -0.05) is 42.5 Å². The molecule has 3 aliphatic rings. The van der Waals surface area contributed by atoms with E-state index in [0.29, 0.717) is 30.2 Å². The van der Waals surface area contributed by atoms with E-state index in [1.54, 1.807) is 29.2 Å². The van der Waals surface area contributed by atoms with Crippen molar-refractivity contribution in [2.75, 3.05) is 32.6 Å². The lowest BCUT2D eigenvalue weighted by Gasteiger charge is -2.48. The third-order valence-corrected chi connectivity index (χ3v) is 8.62. The maximum Gasteiger partial charge on any atom is 0.322 e. The Balaban J connectivity index is 1.21. The van der Waals surface area contributed by atoms with E-state index in [1.807, 2.05) is 18.2 Å². The third-order valence-electron chi connectivity index (χ3n) is 8.62. The second-order valence-electron chi connectivity index (χ2n) is 10.8. The van der Waals surface area contributed by atoms with E-state index in [1.165, 1.54) is 5.56 Å². The summed E-state index contributed by atoms with van der Waals surface area (Å²) in [5.74, 6) is 0.583. The highest BCUT2D eigenvalue weighted by atomic mass is 16.2. The number of carbonyl (C=O) groups excluding carboxylic acids is 2. The largest absolute Gasteiger partial charge is 0.337 e. The number of fused-ring (bicyclic) bond motifs is 1. The molecule has 3 heterocycles. The Hall–Kier alpha value is -3.78. The van der Waals surface area contributed by atoms with Gasteiger partial charge in [-0.3, -0.25) is 14.6 Å². The van der Waals surface area contributed by atoms with E-state index in [9.17, 15) is 9.59 Å². The van der Waals surface area contributed by atoms with Crippen molar-refractivity contribution in [3.8, 4) is 11.4 Å². The number of amides is 3. The second kappa shape index (κ2) is 8.66.